The highest BCUT2D eigenvalue weighted by atomic mass is 32.2. The van der Waals surface area contributed by atoms with Crippen LogP contribution in [0.25, 0.3) is 20.9 Å². The van der Waals surface area contributed by atoms with E-state index >= 15 is 0 Å². The molecular formula is C22H23N5OS3. The molecule has 0 spiro atoms. The number of thiophene rings is 1. The molecule has 1 fully saturated rings. The lowest BCUT2D eigenvalue weighted by Gasteiger charge is -2.31. The maximum atomic E-state index is 12.8. The Morgan fingerprint density at radius 3 is 2.74 bits per heavy atom. The van der Waals surface area contributed by atoms with E-state index in [0.717, 1.165) is 53.9 Å². The Labute approximate surface area is 193 Å². The second-order valence-electron chi connectivity index (χ2n) is 7.49. The Morgan fingerprint density at radius 2 is 2.00 bits per heavy atom. The molecule has 4 heterocycles. The molecule has 160 valence electrons. The number of carbonyl (C=O) groups is 1. The number of hydrogen-bond donors (Lipinski definition) is 0. The maximum Gasteiger partial charge on any atom is 0.233 e. The van der Waals surface area contributed by atoms with Crippen molar-refractivity contribution in [2.45, 2.75) is 37.4 Å². The number of benzene rings is 1. The number of piperidine rings is 1. The lowest BCUT2D eigenvalue weighted by atomic mass is 9.97. The molecule has 1 aliphatic rings. The summed E-state index contributed by atoms with van der Waals surface area (Å²) in [6.07, 6.45) is 1.95. The molecule has 0 radical (unpaired) electrons. The van der Waals surface area contributed by atoms with Crippen molar-refractivity contribution < 1.29 is 4.79 Å². The number of thiazole rings is 1. The Hall–Kier alpha value is -2.23. The second-order valence-corrected chi connectivity index (χ2v) is 10.4. The van der Waals surface area contributed by atoms with E-state index in [1.54, 1.807) is 22.7 Å². The van der Waals surface area contributed by atoms with Crippen LogP contribution in [0, 0.1) is 0 Å². The van der Waals surface area contributed by atoms with Crippen molar-refractivity contribution in [3.05, 3.63) is 46.8 Å². The van der Waals surface area contributed by atoms with Crippen LogP contribution in [-0.2, 0) is 11.3 Å². The topological polar surface area (TPSA) is 63.9 Å². The number of fused-ring (bicyclic) bond motifs is 1. The molecule has 0 saturated carbocycles. The molecule has 3 aromatic heterocycles. The highest BCUT2D eigenvalue weighted by Gasteiger charge is 2.26. The molecule has 6 nitrogen and oxygen atoms in total. The van der Waals surface area contributed by atoms with Crippen LogP contribution in [-0.4, -0.2) is 49.4 Å². The van der Waals surface area contributed by atoms with Crippen molar-refractivity contribution in [2.75, 3.05) is 18.8 Å². The molecule has 0 bridgehead atoms. The summed E-state index contributed by atoms with van der Waals surface area (Å²) in [4.78, 5) is 20.7. The van der Waals surface area contributed by atoms with E-state index in [4.69, 9.17) is 4.98 Å². The Bertz CT molecular complexity index is 1140. The SMILES string of the molecule is CCn1c(SCC(=O)N2CCC(c3nc4ccccc4s3)CC2)nnc1-c1cccs1. The third-order valence-corrected chi connectivity index (χ3v) is 8.62. The molecule has 0 unspecified atom stereocenters. The molecule has 5 rings (SSSR count). The highest BCUT2D eigenvalue weighted by Crippen LogP contribution is 2.34. The van der Waals surface area contributed by atoms with Crippen molar-refractivity contribution in [1.29, 1.82) is 0 Å². The predicted molar refractivity (Wildman–Crippen MR) is 128 cm³/mol. The molecule has 1 aromatic carbocycles. The van der Waals surface area contributed by atoms with Gasteiger partial charge in [0.25, 0.3) is 0 Å². The minimum atomic E-state index is 0.177. The quantitative estimate of drug-likeness (QED) is 0.366. The first-order chi connectivity index (χ1) is 15.2. The monoisotopic (exact) mass is 469 g/mol. The van der Waals surface area contributed by atoms with Crippen LogP contribution in [0.3, 0.4) is 0 Å². The second kappa shape index (κ2) is 9.10. The van der Waals surface area contributed by atoms with Crippen LogP contribution in [0.15, 0.2) is 46.9 Å². The van der Waals surface area contributed by atoms with Gasteiger partial charge < -0.3 is 9.47 Å². The number of rotatable bonds is 6. The number of para-hydroxylation sites is 1. The lowest BCUT2D eigenvalue weighted by Crippen LogP contribution is -2.39. The van der Waals surface area contributed by atoms with Crippen LogP contribution in [0.5, 0.6) is 0 Å². The van der Waals surface area contributed by atoms with E-state index in [-0.39, 0.29) is 5.91 Å². The number of carbonyl (C=O) groups excluding carboxylic acids is 1. The summed E-state index contributed by atoms with van der Waals surface area (Å²) >= 11 is 4.93. The first-order valence-corrected chi connectivity index (χ1v) is 13.1. The molecule has 0 aliphatic carbocycles. The third-order valence-electron chi connectivity index (χ3n) is 5.61. The van der Waals surface area contributed by atoms with Gasteiger partial charge in [0.05, 0.1) is 25.9 Å². The maximum absolute atomic E-state index is 12.8. The average Bonchev–Trinajstić information content (AvgIpc) is 3.56. The number of amides is 1. The van der Waals surface area contributed by atoms with Gasteiger partial charge in [-0.3, -0.25) is 4.79 Å². The van der Waals surface area contributed by atoms with Crippen molar-refractivity contribution in [1.82, 2.24) is 24.6 Å². The van der Waals surface area contributed by atoms with Crippen LogP contribution in [0.2, 0.25) is 0 Å². The van der Waals surface area contributed by atoms with E-state index in [1.807, 2.05) is 22.4 Å². The smallest absolute Gasteiger partial charge is 0.233 e. The van der Waals surface area contributed by atoms with Crippen molar-refractivity contribution in [3.8, 4) is 10.7 Å². The van der Waals surface area contributed by atoms with Crippen LogP contribution in [0.4, 0.5) is 0 Å². The van der Waals surface area contributed by atoms with E-state index in [9.17, 15) is 4.79 Å². The minimum Gasteiger partial charge on any atom is -0.342 e. The highest BCUT2D eigenvalue weighted by molar-refractivity contribution is 7.99. The van der Waals surface area contributed by atoms with Crippen LogP contribution >= 0.6 is 34.4 Å². The average molecular weight is 470 g/mol. The fourth-order valence-corrected chi connectivity index (χ4v) is 6.69. The van der Waals surface area contributed by atoms with Crippen molar-refractivity contribution in [2.24, 2.45) is 0 Å². The molecule has 0 N–H and O–H groups in total. The fourth-order valence-electron chi connectivity index (χ4n) is 3.93. The van der Waals surface area contributed by atoms with Gasteiger partial charge in [-0.25, -0.2) is 4.98 Å². The summed E-state index contributed by atoms with van der Waals surface area (Å²) in [6.45, 7) is 4.45. The Balaban J connectivity index is 1.18. The van der Waals surface area contributed by atoms with Crippen LogP contribution < -0.4 is 0 Å². The molecule has 1 aliphatic heterocycles. The van der Waals surface area contributed by atoms with Gasteiger partial charge in [-0.2, -0.15) is 0 Å². The zero-order valence-corrected chi connectivity index (χ0v) is 19.7. The summed E-state index contributed by atoms with van der Waals surface area (Å²) in [5.74, 6) is 1.90. The number of thioether (sulfide) groups is 1. The van der Waals surface area contributed by atoms with Gasteiger partial charge in [-0.1, -0.05) is 30.0 Å². The number of hydrogen-bond acceptors (Lipinski definition) is 7. The minimum absolute atomic E-state index is 0.177. The van der Waals surface area contributed by atoms with Gasteiger partial charge in [0.15, 0.2) is 11.0 Å². The first-order valence-electron chi connectivity index (χ1n) is 10.5. The van der Waals surface area contributed by atoms with Gasteiger partial charge in [-0.15, -0.1) is 32.9 Å². The molecule has 1 saturated heterocycles. The number of aromatic nitrogens is 4. The van der Waals surface area contributed by atoms with E-state index in [0.29, 0.717) is 11.7 Å². The molecule has 4 aromatic rings. The molecule has 1 amide bonds. The van der Waals surface area contributed by atoms with E-state index in [2.05, 4.69) is 46.0 Å². The molecular weight excluding hydrogens is 446 g/mol. The van der Waals surface area contributed by atoms with Gasteiger partial charge >= 0.3 is 0 Å². The van der Waals surface area contributed by atoms with E-state index < -0.39 is 0 Å². The molecule has 0 atom stereocenters. The number of likely N-dealkylation sites (tertiary alicyclic amines) is 1. The lowest BCUT2D eigenvalue weighted by molar-refractivity contribution is -0.129. The third kappa shape index (κ3) is 4.26. The summed E-state index contributed by atoms with van der Waals surface area (Å²) in [7, 11) is 0. The van der Waals surface area contributed by atoms with Gasteiger partial charge in [0.1, 0.15) is 0 Å². The molecule has 31 heavy (non-hydrogen) atoms. The summed E-state index contributed by atoms with van der Waals surface area (Å²) in [6, 6.07) is 12.4. The van der Waals surface area contributed by atoms with E-state index in [1.165, 1.54) is 21.5 Å². The summed E-state index contributed by atoms with van der Waals surface area (Å²) in [5.41, 5.74) is 1.08. The van der Waals surface area contributed by atoms with Gasteiger partial charge in [0.2, 0.25) is 5.91 Å². The van der Waals surface area contributed by atoms with Gasteiger partial charge in [0, 0.05) is 25.6 Å². The van der Waals surface area contributed by atoms with Crippen molar-refractivity contribution in [3.63, 3.8) is 0 Å². The number of nitrogens with zero attached hydrogens (tertiary/aromatic N) is 5. The fraction of sp³-hybridized carbons (Fsp3) is 0.364. The molecule has 9 heteroatoms. The first kappa shape index (κ1) is 20.7. The summed E-state index contributed by atoms with van der Waals surface area (Å²) < 4.78 is 3.33. The zero-order valence-electron chi connectivity index (χ0n) is 17.2. The largest absolute Gasteiger partial charge is 0.342 e. The Morgan fingerprint density at radius 1 is 1.16 bits per heavy atom. The van der Waals surface area contributed by atoms with Crippen LogP contribution in [0.1, 0.15) is 30.7 Å². The van der Waals surface area contributed by atoms with Crippen molar-refractivity contribution >= 4 is 50.6 Å². The summed E-state index contributed by atoms with van der Waals surface area (Å²) in [5, 5.41) is 12.7. The standard InChI is InChI=1S/C22H23N5OS3/c1-2-27-20(18-8-5-13-29-18)24-25-22(27)30-14-19(28)26-11-9-15(10-12-26)21-23-16-6-3-4-7-17(16)31-21/h3-8,13,15H,2,9-12,14H2,1H3. The van der Waals surface area contributed by atoms with Gasteiger partial charge in [-0.05, 0) is 43.3 Å². The normalized spacial score (nSPS) is 15.1. The predicted octanol–water partition coefficient (Wildman–Crippen LogP) is 5.13. The zero-order chi connectivity index (χ0) is 21.2. The Kier molecular flexibility index (Phi) is 6.06.